The van der Waals surface area contributed by atoms with Crippen LogP contribution in [-0.2, 0) is 14.6 Å². The minimum absolute atomic E-state index is 0.0201. The third kappa shape index (κ3) is 2.81. The molecule has 11 heavy (non-hydrogen) atoms. The maximum atomic E-state index is 10.1. The zero-order valence-corrected chi connectivity index (χ0v) is 5.98. The Kier molecular flexibility index (Phi) is 3.98. The van der Waals surface area contributed by atoms with E-state index < -0.39 is 18.2 Å². The van der Waals surface area contributed by atoms with Crippen LogP contribution in [-0.4, -0.2) is 27.4 Å². The van der Waals surface area contributed by atoms with Crippen LogP contribution in [0.1, 0.15) is 19.8 Å². The molecule has 6 heteroatoms. The Morgan fingerprint density at radius 1 is 1.45 bits per heavy atom. The number of rotatable bonds is 5. The number of hydrogen-bond acceptors (Lipinski definition) is 5. The highest BCUT2D eigenvalue weighted by atomic mass is 17.2. The highest BCUT2D eigenvalue weighted by Gasteiger charge is 2.34. The summed E-state index contributed by atoms with van der Waals surface area (Å²) in [6.45, 7) is 1.50. The lowest BCUT2D eigenvalue weighted by Crippen LogP contribution is -2.35. The predicted octanol–water partition coefficient (Wildman–Crippen LogP) is 0.547. The van der Waals surface area contributed by atoms with Gasteiger partial charge >= 0.3 is 5.97 Å². The first-order valence-electron chi connectivity index (χ1n) is 2.97. The quantitative estimate of drug-likeness (QED) is 0.313. The van der Waals surface area contributed by atoms with E-state index in [1.807, 2.05) is 0 Å². The molecule has 0 rings (SSSR count). The fourth-order valence-corrected chi connectivity index (χ4v) is 0.566. The standard InChI is InChI=1S/C5H10O6/c1-2-5(10-8,11-9)3-4(6)7/h8-9H,2-3H2,1H3,(H,6,7). The first-order valence-corrected chi connectivity index (χ1v) is 2.97. The van der Waals surface area contributed by atoms with E-state index in [0.29, 0.717) is 0 Å². The molecule has 0 amide bonds. The molecule has 0 bridgehead atoms. The summed E-state index contributed by atoms with van der Waals surface area (Å²) < 4.78 is 0. The molecule has 0 radical (unpaired) electrons. The van der Waals surface area contributed by atoms with Crippen molar-refractivity contribution in [3.8, 4) is 0 Å². The number of aliphatic carboxylic acids is 1. The normalized spacial score (nSPS) is 11.5. The highest BCUT2D eigenvalue weighted by Crippen LogP contribution is 2.19. The molecule has 0 aromatic carbocycles. The van der Waals surface area contributed by atoms with Gasteiger partial charge in [0, 0.05) is 6.42 Å². The van der Waals surface area contributed by atoms with Crippen molar-refractivity contribution in [2.24, 2.45) is 0 Å². The molecule has 0 fully saturated rings. The summed E-state index contributed by atoms with van der Waals surface area (Å²) in [5.41, 5.74) is 0. The van der Waals surface area contributed by atoms with E-state index in [2.05, 4.69) is 9.78 Å². The lowest BCUT2D eigenvalue weighted by atomic mass is 10.1. The van der Waals surface area contributed by atoms with Crippen LogP contribution in [0.4, 0.5) is 0 Å². The number of hydrogen-bond donors (Lipinski definition) is 3. The number of carboxylic acids is 1. The van der Waals surface area contributed by atoms with Crippen molar-refractivity contribution < 1.29 is 30.2 Å². The van der Waals surface area contributed by atoms with E-state index in [1.165, 1.54) is 6.92 Å². The third-order valence-electron chi connectivity index (χ3n) is 1.29. The summed E-state index contributed by atoms with van der Waals surface area (Å²) in [6, 6.07) is 0. The van der Waals surface area contributed by atoms with Crippen LogP contribution in [0.5, 0.6) is 0 Å². The molecule has 0 aliphatic heterocycles. The van der Waals surface area contributed by atoms with Crippen molar-refractivity contribution >= 4 is 5.97 Å². The van der Waals surface area contributed by atoms with Crippen LogP contribution >= 0.6 is 0 Å². The van der Waals surface area contributed by atoms with Crippen LogP contribution in [0.15, 0.2) is 0 Å². The fourth-order valence-electron chi connectivity index (χ4n) is 0.566. The summed E-state index contributed by atoms with van der Waals surface area (Å²) >= 11 is 0. The van der Waals surface area contributed by atoms with Crippen molar-refractivity contribution in [3.05, 3.63) is 0 Å². The number of carboxylic acid groups (broad SMARTS) is 1. The zero-order valence-electron chi connectivity index (χ0n) is 5.98. The van der Waals surface area contributed by atoms with E-state index in [9.17, 15) is 4.79 Å². The van der Waals surface area contributed by atoms with Crippen molar-refractivity contribution in [2.45, 2.75) is 25.6 Å². The smallest absolute Gasteiger partial charge is 0.309 e. The average Bonchev–Trinajstić information content (AvgIpc) is 2.00. The van der Waals surface area contributed by atoms with Crippen molar-refractivity contribution in [1.82, 2.24) is 0 Å². The summed E-state index contributed by atoms with van der Waals surface area (Å²) in [4.78, 5) is 17.5. The van der Waals surface area contributed by atoms with Gasteiger partial charge < -0.3 is 5.11 Å². The Morgan fingerprint density at radius 3 is 2.00 bits per heavy atom. The fraction of sp³-hybridized carbons (Fsp3) is 0.800. The minimum Gasteiger partial charge on any atom is -0.481 e. The molecule has 66 valence electrons. The highest BCUT2D eigenvalue weighted by molar-refractivity contribution is 5.67. The summed E-state index contributed by atoms with van der Waals surface area (Å²) in [6.07, 6.45) is -0.608. The van der Waals surface area contributed by atoms with Gasteiger partial charge in [0.15, 0.2) is 0 Å². The molecule has 6 nitrogen and oxygen atoms in total. The second-order valence-corrected chi connectivity index (χ2v) is 2.02. The van der Waals surface area contributed by atoms with Crippen LogP contribution in [0.25, 0.3) is 0 Å². The van der Waals surface area contributed by atoms with Crippen LogP contribution in [0, 0.1) is 0 Å². The minimum atomic E-state index is -1.84. The first kappa shape index (κ1) is 10.3. The Balaban J connectivity index is 4.16. The van der Waals surface area contributed by atoms with Gasteiger partial charge in [0.1, 0.15) is 6.42 Å². The van der Waals surface area contributed by atoms with Gasteiger partial charge in [-0.15, -0.1) is 0 Å². The Morgan fingerprint density at radius 2 is 1.91 bits per heavy atom. The number of carbonyl (C=O) groups is 1. The first-order chi connectivity index (χ1) is 5.10. The molecular weight excluding hydrogens is 156 g/mol. The average molecular weight is 166 g/mol. The molecule has 0 saturated heterocycles. The van der Waals surface area contributed by atoms with Crippen LogP contribution in [0.2, 0.25) is 0 Å². The molecule has 0 saturated carbocycles. The predicted molar refractivity (Wildman–Crippen MR) is 32.7 cm³/mol. The largest absolute Gasteiger partial charge is 0.481 e. The Bertz CT molecular complexity index is 121. The van der Waals surface area contributed by atoms with Gasteiger partial charge in [0.25, 0.3) is 0 Å². The van der Waals surface area contributed by atoms with E-state index >= 15 is 0 Å². The van der Waals surface area contributed by atoms with Gasteiger partial charge in [-0.1, -0.05) is 6.92 Å². The van der Waals surface area contributed by atoms with Gasteiger partial charge in [0.2, 0.25) is 5.79 Å². The van der Waals surface area contributed by atoms with Gasteiger partial charge in [-0.2, -0.15) is 0 Å². The summed E-state index contributed by atoms with van der Waals surface area (Å²) in [5.74, 6) is -3.08. The summed E-state index contributed by atoms with van der Waals surface area (Å²) in [5, 5.41) is 24.6. The topological polar surface area (TPSA) is 96.2 Å². The zero-order chi connectivity index (χ0) is 8.91. The monoisotopic (exact) mass is 166 g/mol. The molecule has 0 aliphatic carbocycles. The van der Waals surface area contributed by atoms with E-state index in [4.69, 9.17) is 15.6 Å². The van der Waals surface area contributed by atoms with Crippen molar-refractivity contribution in [3.63, 3.8) is 0 Å². The molecular formula is C5H10O6. The van der Waals surface area contributed by atoms with Gasteiger partial charge in [0.05, 0.1) is 0 Å². The van der Waals surface area contributed by atoms with Crippen molar-refractivity contribution in [2.75, 3.05) is 0 Å². The third-order valence-corrected chi connectivity index (χ3v) is 1.29. The van der Waals surface area contributed by atoms with Gasteiger partial charge in [-0.05, 0) is 0 Å². The van der Waals surface area contributed by atoms with Crippen LogP contribution in [0.3, 0.4) is 0 Å². The van der Waals surface area contributed by atoms with Crippen LogP contribution < -0.4 is 0 Å². The molecule has 3 N–H and O–H groups in total. The molecule has 0 atom stereocenters. The maximum Gasteiger partial charge on any atom is 0.309 e. The second kappa shape index (κ2) is 4.24. The molecule has 0 heterocycles. The second-order valence-electron chi connectivity index (χ2n) is 2.02. The molecule has 0 unspecified atom stereocenters. The molecule has 0 aromatic rings. The van der Waals surface area contributed by atoms with Gasteiger partial charge in [-0.25, -0.2) is 20.3 Å². The molecule has 0 aliphatic rings. The van der Waals surface area contributed by atoms with E-state index in [0.717, 1.165) is 0 Å². The SMILES string of the molecule is CCC(CC(=O)O)(OO)OO. The van der Waals surface area contributed by atoms with Gasteiger partial charge in [-0.3, -0.25) is 4.79 Å². The van der Waals surface area contributed by atoms with E-state index in [1.54, 1.807) is 0 Å². The van der Waals surface area contributed by atoms with Crippen molar-refractivity contribution in [1.29, 1.82) is 0 Å². The maximum absolute atomic E-state index is 10.1. The summed E-state index contributed by atoms with van der Waals surface area (Å²) in [7, 11) is 0. The molecule has 0 spiro atoms. The Hall–Kier alpha value is -0.690. The van der Waals surface area contributed by atoms with E-state index in [-0.39, 0.29) is 6.42 Å². The lowest BCUT2D eigenvalue weighted by molar-refractivity contribution is -0.486. The Labute approximate surface area is 62.8 Å². The molecule has 0 aromatic heterocycles. The lowest BCUT2D eigenvalue weighted by Gasteiger charge is -2.22.